The number of nitrogens with zero attached hydrogens (tertiary/aromatic N) is 1. The lowest BCUT2D eigenvalue weighted by molar-refractivity contribution is 0.102. The molecule has 2 aromatic heterocycles. The molecule has 33 heavy (non-hydrogen) atoms. The van der Waals surface area contributed by atoms with Crippen molar-refractivity contribution in [3.8, 4) is 11.5 Å². The molecule has 1 atom stereocenters. The van der Waals surface area contributed by atoms with Crippen LogP contribution in [0.25, 0.3) is 0 Å². The maximum absolute atomic E-state index is 12.9. The average molecular weight is 489 g/mol. The molecule has 0 aliphatic rings. The molecular formula is C24H29N2O5PS. The maximum Gasteiger partial charge on any atom is 0.257 e. The summed E-state index contributed by atoms with van der Waals surface area (Å²) < 4.78 is 29.5. The third kappa shape index (κ3) is 7.42. The van der Waals surface area contributed by atoms with Gasteiger partial charge in [0.15, 0.2) is 0 Å². The van der Waals surface area contributed by atoms with Gasteiger partial charge in [0.25, 0.3) is 5.91 Å². The Morgan fingerprint density at radius 3 is 2.61 bits per heavy atom. The molecule has 0 aliphatic carbocycles. The standard InChI is InChI=1S/C24H29N2O5PS/c1-5-30-32(4,28)22-6-7-23(25-15-22)26-24(27)19-12-20(14-21(13-19)31-17(2)3)29-10-8-18-9-11-33-16-18/h6-7,9,11-17H,5,8,10H2,1-4H3,(H,25,26,27). The summed E-state index contributed by atoms with van der Waals surface area (Å²) in [5.74, 6) is 1.10. The summed E-state index contributed by atoms with van der Waals surface area (Å²) in [4.78, 5) is 17.1. The summed E-state index contributed by atoms with van der Waals surface area (Å²) in [6, 6.07) is 10.5. The first-order valence-corrected chi connectivity index (χ1v) is 13.7. The van der Waals surface area contributed by atoms with Crippen LogP contribution in [0, 0.1) is 0 Å². The first-order chi connectivity index (χ1) is 15.8. The predicted molar refractivity (Wildman–Crippen MR) is 133 cm³/mol. The van der Waals surface area contributed by atoms with Crippen LogP contribution < -0.4 is 20.1 Å². The molecule has 176 valence electrons. The molecule has 0 radical (unpaired) electrons. The number of hydrogen-bond acceptors (Lipinski definition) is 7. The van der Waals surface area contributed by atoms with E-state index in [1.54, 1.807) is 55.3 Å². The van der Waals surface area contributed by atoms with Crippen LogP contribution in [0.3, 0.4) is 0 Å². The lowest BCUT2D eigenvalue weighted by Crippen LogP contribution is -2.16. The van der Waals surface area contributed by atoms with Gasteiger partial charge in [-0.2, -0.15) is 11.3 Å². The Morgan fingerprint density at radius 1 is 1.18 bits per heavy atom. The van der Waals surface area contributed by atoms with E-state index in [0.29, 0.717) is 41.4 Å². The summed E-state index contributed by atoms with van der Waals surface area (Å²) in [5.41, 5.74) is 1.60. The highest BCUT2D eigenvalue weighted by Crippen LogP contribution is 2.40. The van der Waals surface area contributed by atoms with Gasteiger partial charge in [-0.1, -0.05) is 0 Å². The highest BCUT2D eigenvalue weighted by molar-refractivity contribution is 7.66. The zero-order chi connectivity index (χ0) is 23.8. The minimum Gasteiger partial charge on any atom is -0.493 e. The van der Waals surface area contributed by atoms with Crippen LogP contribution in [-0.4, -0.2) is 36.9 Å². The molecule has 1 unspecified atom stereocenters. The van der Waals surface area contributed by atoms with Crippen molar-refractivity contribution in [2.75, 3.05) is 25.2 Å². The summed E-state index contributed by atoms with van der Waals surface area (Å²) in [6.45, 7) is 8.01. The molecule has 0 aliphatic heterocycles. The Labute approximate surface area is 198 Å². The van der Waals surface area contributed by atoms with Gasteiger partial charge in [-0.05, 0) is 67.4 Å². The van der Waals surface area contributed by atoms with Crippen LogP contribution >= 0.6 is 18.7 Å². The molecule has 0 saturated heterocycles. The smallest absolute Gasteiger partial charge is 0.257 e. The molecule has 0 spiro atoms. The lowest BCUT2D eigenvalue weighted by atomic mass is 10.2. The van der Waals surface area contributed by atoms with Gasteiger partial charge in [0, 0.05) is 30.9 Å². The Kier molecular flexibility index (Phi) is 8.67. The topological polar surface area (TPSA) is 86.8 Å². The summed E-state index contributed by atoms with van der Waals surface area (Å²) >= 11 is 1.65. The molecule has 3 rings (SSSR count). The van der Waals surface area contributed by atoms with Gasteiger partial charge in [-0.25, -0.2) is 4.98 Å². The van der Waals surface area contributed by atoms with Crippen molar-refractivity contribution in [1.82, 2.24) is 4.98 Å². The van der Waals surface area contributed by atoms with E-state index in [2.05, 4.69) is 21.7 Å². The average Bonchev–Trinajstić information content (AvgIpc) is 3.27. The zero-order valence-electron chi connectivity index (χ0n) is 19.2. The molecule has 9 heteroatoms. The first kappa shape index (κ1) is 25.0. The number of rotatable bonds is 11. The number of hydrogen-bond donors (Lipinski definition) is 1. The second-order valence-corrected chi connectivity index (χ2v) is 11.0. The fraction of sp³-hybridized carbons (Fsp3) is 0.333. The van der Waals surface area contributed by atoms with E-state index in [9.17, 15) is 9.36 Å². The number of carbonyl (C=O) groups excluding carboxylic acids is 1. The molecule has 0 fully saturated rings. The predicted octanol–water partition coefficient (Wildman–Crippen LogP) is 5.37. The SMILES string of the molecule is CCOP(C)(=O)c1ccc(NC(=O)c2cc(OCCc3ccsc3)cc(OC(C)C)c2)nc1. The first-order valence-electron chi connectivity index (χ1n) is 10.7. The lowest BCUT2D eigenvalue weighted by Gasteiger charge is -2.15. The van der Waals surface area contributed by atoms with Crippen molar-refractivity contribution in [3.05, 3.63) is 64.5 Å². The molecule has 3 aromatic rings. The normalized spacial score (nSPS) is 12.9. The molecule has 1 N–H and O–H groups in total. The van der Waals surface area contributed by atoms with Gasteiger partial charge in [-0.3, -0.25) is 9.36 Å². The molecule has 0 saturated carbocycles. The molecule has 7 nitrogen and oxygen atoms in total. The van der Waals surface area contributed by atoms with Crippen molar-refractivity contribution in [2.45, 2.75) is 33.3 Å². The number of carbonyl (C=O) groups is 1. The number of benzene rings is 1. The quantitative estimate of drug-likeness (QED) is 0.365. The van der Waals surface area contributed by atoms with Gasteiger partial charge in [0.05, 0.1) is 24.6 Å². The fourth-order valence-corrected chi connectivity index (χ4v) is 5.02. The minimum atomic E-state index is -2.92. The summed E-state index contributed by atoms with van der Waals surface area (Å²) in [6.07, 6.45) is 2.19. The van der Waals surface area contributed by atoms with Crippen LogP contribution in [0.1, 0.15) is 36.7 Å². The molecule has 2 heterocycles. The number of aromatic nitrogens is 1. The molecule has 0 bridgehead atoms. The van der Waals surface area contributed by atoms with Gasteiger partial charge in [0.1, 0.15) is 17.3 Å². The Morgan fingerprint density at radius 2 is 1.97 bits per heavy atom. The van der Waals surface area contributed by atoms with E-state index in [1.165, 1.54) is 11.8 Å². The van der Waals surface area contributed by atoms with E-state index in [-0.39, 0.29) is 12.0 Å². The Bertz CT molecular complexity index is 1100. The third-order valence-electron chi connectivity index (χ3n) is 4.59. The van der Waals surface area contributed by atoms with E-state index in [1.807, 2.05) is 19.2 Å². The molecule has 1 amide bonds. The number of ether oxygens (including phenoxy) is 2. The third-order valence-corrected chi connectivity index (χ3v) is 7.27. The fourth-order valence-electron chi connectivity index (χ4n) is 3.06. The minimum absolute atomic E-state index is 0.0498. The second-order valence-electron chi connectivity index (χ2n) is 7.71. The highest BCUT2D eigenvalue weighted by Gasteiger charge is 2.19. The maximum atomic E-state index is 12.9. The van der Waals surface area contributed by atoms with Gasteiger partial charge in [0.2, 0.25) is 7.37 Å². The van der Waals surface area contributed by atoms with Crippen LogP contribution in [-0.2, 0) is 15.5 Å². The van der Waals surface area contributed by atoms with Crippen molar-refractivity contribution >= 4 is 35.7 Å². The monoisotopic (exact) mass is 488 g/mol. The van der Waals surface area contributed by atoms with E-state index in [4.69, 9.17) is 14.0 Å². The van der Waals surface area contributed by atoms with Crippen molar-refractivity contribution in [2.24, 2.45) is 0 Å². The van der Waals surface area contributed by atoms with E-state index >= 15 is 0 Å². The van der Waals surface area contributed by atoms with Crippen LogP contribution in [0.2, 0.25) is 0 Å². The molecular weight excluding hydrogens is 459 g/mol. The Balaban J connectivity index is 1.72. The largest absolute Gasteiger partial charge is 0.493 e. The Hall–Kier alpha value is -2.67. The van der Waals surface area contributed by atoms with Crippen molar-refractivity contribution in [3.63, 3.8) is 0 Å². The zero-order valence-corrected chi connectivity index (χ0v) is 20.9. The van der Waals surface area contributed by atoms with Crippen LogP contribution in [0.4, 0.5) is 5.82 Å². The van der Waals surface area contributed by atoms with E-state index in [0.717, 1.165) is 6.42 Å². The number of thiophene rings is 1. The van der Waals surface area contributed by atoms with Gasteiger partial charge in [-0.15, -0.1) is 0 Å². The van der Waals surface area contributed by atoms with Gasteiger partial charge < -0.3 is 19.3 Å². The second kappa shape index (κ2) is 11.5. The van der Waals surface area contributed by atoms with Crippen LogP contribution in [0.15, 0.2) is 53.4 Å². The van der Waals surface area contributed by atoms with Crippen molar-refractivity contribution < 1.29 is 23.4 Å². The van der Waals surface area contributed by atoms with E-state index < -0.39 is 7.37 Å². The number of amides is 1. The summed E-state index contributed by atoms with van der Waals surface area (Å²) in [7, 11) is -2.92. The van der Waals surface area contributed by atoms with Crippen LogP contribution in [0.5, 0.6) is 11.5 Å². The number of pyridine rings is 1. The van der Waals surface area contributed by atoms with Gasteiger partial charge >= 0.3 is 0 Å². The highest BCUT2D eigenvalue weighted by atomic mass is 32.1. The summed E-state index contributed by atoms with van der Waals surface area (Å²) in [5, 5.41) is 7.38. The number of nitrogens with one attached hydrogen (secondary N) is 1. The number of anilines is 1. The molecule has 1 aromatic carbocycles. The van der Waals surface area contributed by atoms with Crippen molar-refractivity contribution in [1.29, 1.82) is 0 Å².